The maximum absolute atomic E-state index is 9.00. The zero-order valence-electron chi connectivity index (χ0n) is 22.4. The Morgan fingerprint density at radius 3 is 1.41 bits per heavy atom. The molecule has 0 atom stereocenters. The molecule has 0 aliphatic carbocycles. The molecule has 0 bridgehead atoms. The number of hydrogen-bond acceptors (Lipinski definition) is 6. The summed E-state index contributed by atoms with van der Waals surface area (Å²) >= 11 is 2.15. The first kappa shape index (κ1) is 34.7. The van der Waals surface area contributed by atoms with E-state index in [2.05, 4.69) is 79.5 Å². The van der Waals surface area contributed by atoms with Gasteiger partial charge in [-0.15, -0.1) is 0 Å². The zero-order valence-corrected chi connectivity index (χ0v) is 24.5. The minimum Gasteiger partial charge on any atom is -0.393 e. The van der Waals surface area contributed by atoms with E-state index >= 15 is 0 Å². The molecule has 0 radical (unpaired) electrons. The van der Waals surface area contributed by atoms with E-state index in [-0.39, 0.29) is 6.10 Å². The molecule has 0 aromatic carbocycles. The summed E-state index contributed by atoms with van der Waals surface area (Å²) in [4.78, 5) is 6.57. The molecule has 0 aromatic rings. The third-order valence-electron chi connectivity index (χ3n) is 5.44. The van der Waals surface area contributed by atoms with Crippen molar-refractivity contribution in [2.45, 2.75) is 91.0 Å². The van der Waals surface area contributed by atoms with Gasteiger partial charge in [-0.25, -0.2) is 0 Å². The Bertz CT molecular complexity index is 333. The molecule has 3 saturated heterocycles. The number of likely N-dealkylation sites (tertiary alicyclic amines) is 2. The van der Waals surface area contributed by atoms with Gasteiger partial charge in [0.1, 0.15) is 0 Å². The van der Waals surface area contributed by atoms with E-state index in [1.54, 1.807) is 0 Å². The molecule has 6 nitrogen and oxygen atoms in total. The summed E-state index contributed by atoms with van der Waals surface area (Å²) in [6.45, 7) is 16.9. The number of hydrogen-bond donors (Lipinski definition) is 2. The molecular formula is C25H56IN3O3. The van der Waals surface area contributed by atoms with Gasteiger partial charge in [-0.1, -0.05) is 42.9 Å². The minimum absolute atomic E-state index is 0.0220. The molecule has 0 saturated carbocycles. The highest BCUT2D eigenvalue weighted by atomic mass is 127. The minimum atomic E-state index is -0.0220. The van der Waals surface area contributed by atoms with Gasteiger partial charge in [-0.3, -0.25) is 0 Å². The quantitative estimate of drug-likeness (QED) is 0.384. The first-order valence-electron chi connectivity index (χ1n) is 12.8. The number of aliphatic hydroxyl groups is 1. The molecule has 32 heavy (non-hydrogen) atoms. The van der Waals surface area contributed by atoms with Crippen molar-refractivity contribution >= 4 is 22.6 Å². The Balaban J connectivity index is 0. The van der Waals surface area contributed by atoms with Crippen LogP contribution in [0, 0.1) is 0 Å². The van der Waals surface area contributed by atoms with Gasteiger partial charge in [0, 0.05) is 39.4 Å². The largest absolute Gasteiger partial charge is 0.393 e. The lowest BCUT2D eigenvalue weighted by Crippen LogP contribution is -2.34. The molecule has 7 heteroatoms. The molecule has 3 rings (SSSR count). The van der Waals surface area contributed by atoms with Gasteiger partial charge in [-0.05, 0) is 84.5 Å². The van der Waals surface area contributed by atoms with Crippen LogP contribution in [0.2, 0.25) is 0 Å². The van der Waals surface area contributed by atoms with Crippen LogP contribution in [-0.2, 0) is 9.47 Å². The molecule has 3 fully saturated rings. The molecule has 0 unspecified atom stereocenters. The van der Waals surface area contributed by atoms with Crippen LogP contribution in [0.5, 0.6) is 0 Å². The second-order valence-electron chi connectivity index (χ2n) is 8.60. The Labute approximate surface area is 214 Å². The van der Waals surface area contributed by atoms with Gasteiger partial charge in [0.05, 0.1) is 18.3 Å². The third kappa shape index (κ3) is 22.3. The summed E-state index contributed by atoms with van der Waals surface area (Å²) < 4.78 is 10.9. The molecule has 196 valence electrons. The highest BCUT2D eigenvalue weighted by Crippen LogP contribution is 2.11. The smallest absolute Gasteiger partial charge is 0.0599 e. The second kappa shape index (κ2) is 26.1. The number of ether oxygens (including phenoxy) is 2. The lowest BCUT2D eigenvalue weighted by Gasteiger charge is -2.28. The average molecular weight is 574 g/mol. The fourth-order valence-corrected chi connectivity index (χ4v) is 3.58. The highest BCUT2D eigenvalue weighted by Gasteiger charge is 2.15. The second-order valence-corrected chi connectivity index (χ2v) is 8.60. The third-order valence-corrected chi connectivity index (χ3v) is 5.44. The van der Waals surface area contributed by atoms with Crippen LogP contribution >= 0.6 is 22.6 Å². The van der Waals surface area contributed by atoms with Gasteiger partial charge in [0.15, 0.2) is 0 Å². The van der Waals surface area contributed by atoms with E-state index < -0.39 is 0 Å². The lowest BCUT2D eigenvalue weighted by atomic mass is 10.1. The fraction of sp³-hybridized carbons (Fsp3) is 1.00. The van der Waals surface area contributed by atoms with E-state index in [1.165, 1.54) is 45.2 Å². The molecule has 3 heterocycles. The summed E-state index contributed by atoms with van der Waals surface area (Å²) in [5, 5.41) is 12.3. The summed E-state index contributed by atoms with van der Waals surface area (Å²) in [5.41, 5.74) is 0. The first-order chi connectivity index (χ1) is 15.5. The predicted octanol–water partition coefficient (Wildman–Crippen LogP) is 4.43. The zero-order chi connectivity index (χ0) is 24.6. The number of halogens is 1. The maximum Gasteiger partial charge on any atom is 0.0599 e. The van der Waals surface area contributed by atoms with Crippen molar-refractivity contribution in [1.82, 2.24) is 15.1 Å². The summed E-state index contributed by atoms with van der Waals surface area (Å²) in [6, 6.07) is 0. The predicted molar refractivity (Wildman–Crippen MR) is 148 cm³/mol. The van der Waals surface area contributed by atoms with Gasteiger partial charge in [-0.2, -0.15) is 0 Å². The van der Waals surface area contributed by atoms with Crippen LogP contribution in [0.15, 0.2) is 0 Å². The van der Waals surface area contributed by atoms with E-state index in [9.17, 15) is 0 Å². The first-order valence-corrected chi connectivity index (χ1v) is 15.0. The van der Waals surface area contributed by atoms with Crippen LogP contribution < -0.4 is 5.32 Å². The Morgan fingerprint density at radius 1 is 0.719 bits per heavy atom. The van der Waals surface area contributed by atoms with Crippen molar-refractivity contribution in [3.05, 3.63) is 0 Å². The van der Waals surface area contributed by atoms with Crippen molar-refractivity contribution in [1.29, 1.82) is 0 Å². The van der Waals surface area contributed by atoms with Crippen molar-refractivity contribution in [2.75, 3.05) is 71.5 Å². The molecule has 0 spiro atoms. The van der Waals surface area contributed by atoms with Crippen LogP contribution in [0.4, 0.5) is 0 Å². The van der Waals surface area contributed by atoms with Crippen LogP contribution in [0.3, 0.4) is 0 Å². The Hall–Kier alpha value is 0.490. The van der Waals surface area contributed by atoms with Crippen LogP contribution in [0.25, 0.3) is 0 Å². The highest BCUT2D eigenvalue weighted by molar-refractivity contribution is 14.1. The van der Waals surface area contributed by atoms with Gasteiger partial charge in [0.2, 0.25) is 0 Å². The van der Waals surface area contributed by atoms with Gasteiger partial charge >= 0.3 is 0 Å². The Morgan fingerprint density at radius 2 is 1.06 bits per heavy atom. The molecule has 0 aromatic heterocycles. The molecule has 2 N–H and O–H groups in total. The topological polar surface area (TPSA) is 57.2 Å². The summed E-state index contributed by atoms with van der Waals surface area (Å²) in [6.07, 6.45) is 9.02. The summed E-state index contributed by atoms with van der Waals surface area (Å²) in [7, 11) is 4.26. The number of aliphatic hydroxyl groups excluding tert-OH is 1. The molecular weight excluding hydrogens is 517 g/mol. The maximum atomic E-state index is 9.00. The lowest BCUT2D eigenvalue weighted by molar-refractivity contribution is 0.0197. The monoisotopic (exact) mass is 573 g/mol. The SMILES string of the molecule is CCC.CCOC1CCN(C)CC1.CCOC1CCNCC1.CI.CN1CCC(O)CC1. The van der Waals surface area contributed by atoms with Crippen LogP contribution in [0.1, 0.15) is 72.6 Å². The average Bonchev–Trinajstić information content (AvgIpc) is 2.81. The van der Waals surface area contributed by atoms with Crippen molar-refractivity contribution in [3.63, 3.8) is 0 Å². The van der Waals surface area contributed by atoms with E-state index in [0.29, 0.717) is 12.2 Å². The standard InChI is InChI=1S/C8H17NO.C7H15NO.C6H13NO.C3H8.CH3I/c1-3-10-8-4-6-9(2)7-5-8;1-2-9-7-3-5-8-6-4-7;1-7-4-2-6(8)3-5-7;1-3-2;1-2/h8H,3-7H2,1-2H3;7-8H,2-6H2,1H3;6,8H,2-5H2,1H3;3H2,1-2H3;1H3. The normalized spacial score (nSPS) is 20.9. The number of nitrogens with one attached hydrogen (secondary N) is 1. The number of piperidine rings is 3. The number of alkyl halides is 1. The molecule has 3 aliphatic heterocycles. The number of rotatable bonds is 4. The van der Waals surface area contributed by atoms with E-state index in [4.69, 9.17) is 14.6 Å². The summed E-state index contributed by atoms with van der Waals surface area (Å²) in [5.74, 6) is 0. The van der Waals surface area contributed by atoms with Crippen molar-refractivity contribution in [2.24, 2.45) is 0 Å². The molecule has 0 amide bonds. The van der Waals surface area contributed by atoms with Crippen molar-refractivity contribution < 1.29 is 14.6 Å². The van der Waals surface area contributed by atoms with E-state index in [1.807, 2.05) is 4.93 Å². The van der Waals surface area contributed by atoms with Gasteiger partial charge in [0.25, 0.3) is 0 Å². The van der Waals surface area contributed by atoms with E-state index in [0.717, 1.165) is 52.2 Å². The van der Waals surface area contributed by atoms with Gasteiger partial charge < -0.3 is 29.7 Å². The van der Waals surface area contributed by atoms with Crippen molar-refractivity contribution in [3.8, 4) is 0 Å². The molecule has 3 aliphatic rings. The number of nitrogens with zero attached hydrogens (tertiary/aromatic N) is 2. The fourth-order valence-electron chi connectivity index (χ4n) is 3.58. The Kier molecular flexibility index (Phi) is 28.3. The van der Waals surface area contributed by atoms with Crippen LogP contribution in [-0.4, -0.2) is 105 Å².